The maximum atomic E-state index is 13.1. The molecule has 3 heterocycles. The average Bonchev–Trinajstić information content (AvgIpc) is 2.73. The van der Waals surface area contributed by atoms with E-state index in [4.69, 9.17) is 4.74 Å². The topological polar surface area (TPSA) is 41.6 Å². The first-order chi connectivity index (χ1) is 13.2. The predicted octanol–water partition coefficient (Wildman–Crippen LogP) is 4.04. The molecule has 2 atom stereocenters. The number of piperidine rings is 3. The first-order valence-corrected chi connectivity index (χ1v) is 10.1. The molecule has 3 fully saturated rings. The summed E-state index contributed by atoms with van der Waals surface area (Å²) in [6.45, 7) is 5.30. The summed E-state index contributed by atoms with van der Waals surface area (Å²) in [4.78, 5) is 15.6. The highest BCUT2D eigenvalue weighted by Crippen LogP contribution is 2.31. The summed E-state index contributed by atoms with van der Waals surface area (Å²) in [5, 5.41) is 3.42. The zero-order valence-electron chi connectivity index (χ0n) is 15.9. The number of fused-ring (bicyclic) bond motifs is 3. The number of nitrogens with one attached hydrogen (secondary N) is 1. The van der Waals surface area contributed by atoms with Crippen LogP contribution in [0.25, 0.3) is 0 Å². The lowest BCUT2D eigenvalue weighted by atomic mass is 9.86. The number of anilines is 1. The smallest absolute Gasteiger partial charge is 0.333 e. The number of carbonyl (C=O) groups is 1. The van der Waals surface area contributed by atoms with Crippen molar-refractivity contribution in [3.8, 4) is 0 Å². The highest BCUT2D eigenvalue weighted by molar-refractivity contribution is 5.81. The average molecular weight is 364 g/mol. The normalized spacial score (nSPS) is 25.0. The fourth-order valence-electron chi connectivity index (χ4n) is 4.23. The molecule has 5 rings (SSSR count). The first-order valence-electron chi connectivity index (χ1n) is 10.1. The summed E-state index contributed by atoms with van der Waals surface area (Å²) >= 11 is 0. The number of rotatable bonds is 6. The molecule has 0 saturated carbocycles. The van der Waals surface area contributed by atoms with Gasteiger partial charge in [-0.15, -0.1) is 0 Å². The lowest BCUT2D eigenvalue weighted by molar-refractivity contribution is -0.159. The van der Waals surface area contributed by atoms with Crippen molar-refractivity contribution in [2.24, 2.45) is 5.92 Å². The van der Waals surface area contributed by atoms with Crippen LogP contribution >= 0.6 is 0 Å². The number of ether oxygens (including phenoxy) is 1. The largest absolute Gasteiger partial charge is 0.459 e. The van der Waals surface area contributed by atoms with Crippen LogP contribution in [0.4, 0.5) is 5.69 Å². The Bertz CT molecular complexity index is 769. The van der Waals surface area contributed by atoms with Gasteiger partial charge < -0.3 is 10.1 Å². The predicted molar refractivity (Wildman–Crippen MR) is 108 cm³/mol. The summed E-state index contributed by atoms with van der Waals surface area (Å²) in [5.41, 5.74) is 3.14. The van der Waals surface area contributed by atoms with Gasteiger partial charge in [0.2, 0.25) is 0 Å². The van der Waals surface area contributed by atoms with E-state index in [-0.39, 0.29) is 12.1 Å². The monoisotopic (exact) mass is 364 g/mol. The van der Waals surface area contributed by atoms with E-state index in [1.807, 2.05) is 42.5 Å². The fraction of sp³-hybridized carbons (Fsp3) is 0.435. The highest BCUT2D eigenvalue weighted by atomic mass is 16.5. The van der Waals surface area contributed by atoms with Gasteiger partial charge in [0.05, 0.1) is 0 Å². The number of aryl methyl sites for hydroxylation is 1. The molecule has 0 amide bonds. The van der Waals surface area contributed by atoms with Crippen molar-refractivity contribution < 1.29 is 9.53 Å². The molecule has 0 radical (unpaired) electrons. The Morgan fingerprint density at radius 2 is 1.93 bits per heavy atom. The maximum Gasteiger partial charge on any atom is 0.333 e. The van der Waals surface area contributed by atoms with Gasteiger partial charge in [0, 0.05) is 12.2 Å². The van der Waals surface area contributed by atoms with Gasteiger partial charge in [-0.1, -0.05) is 49.4 Å². The van der Waals surface area contributed by atoms with Crippen molar-refractivity contribution in [2.45, 2.75) is 38.3 Å². The van der Waals surface area contributed by atoms with Gasteiger partial charge in [-0.05, 0) is 61.5 Å². The molecule has 2 aromatic rings. The molecular formula is C23H28N2O2. The molecule has 0 aliphatic carbocycles. The third kappa shape index (κ3) is 4.16. The minimum absolute atomic E-state index is 0.0231. The zero-order chi connectivity index (χ0) is 18.6. The Morgan fingerprint density at radius 1 is 1.15 bits per heavy atom. The van der Waals surface area contributed by atoms with Gasteiger partial charge in [0.25, 0.3) is 0 Å². The SMILES string of the molecule is CCc1cccc(N[C@@H](C(=O)OC2CN3CCC2CC3)c2ccccc2)c1. The van der Waals surface area contributed by atoms with E-state index in [1.165, 1.54) is 5.56 Å². The molecule has 2 aromatic carbocycles. The van der Waals surface area contributed by atoms with Crippen LogP contribution < -0.4 is 5.32 Å². The number of esters is 1. The van der Waals surface area contributed by atoms with E-state index in [0.29, 0.717) is 5.92 Å². The van der Waals surface area contributed by atoms with Gasteiger partial charge >= 0.3 is 5.97 Å². The van der Waals surface area contributed by atoms with Crippen LogP contribution in [0.5, 0.6) is 0 Å². The Labute approximate surface area is 161 Å². The minimum Gasteiger partial charge on any atom is -0.459 e. The van der Waals surface area contributed by atoms with Gasteiger partial charge in [-0.3, -0.25) is 4.90 Å². The molecule has 0 aromatic heterocycles. The molecule has 4 nitrogen and oxygen atoms in total. The van der Waals surface area contributed by atoms with Gasteiger partial charge in [0.15, 0.2) is 6.04 Å². The molecule has 1 N–H and O–H groups in total. The van der Waals surface area contributed by atoms with Gasteiger partial charge in [-0.25, -0.2) is 4.79 Å². The first kappa shape index (κ1) is 18.1. The summed E-state index contributed by atoms with van der Waals surface area (Å²) in [5.74, 6) is 0.334. The maximum absolute atomic E-state index is 13.1. The molecular weight excluding hydrogens is 336 g/mol. The van der Waals surface area contributed by atoms with E-state index < -0.39 is 6.04 Å². The third-order valence-electron chi connectivity index (χ3n) is 5.88. The summed E-state index contributed by atoms with van der Waals surface area (Å²) in [6, 6.07) is 17.6. The van der Waals surface area contributed by atoms with Crippen LogP contribution in [0.3, 0.4) is 0 Å². The quantitative estimate of drug-likeness (QED) is 0.786. The van der Waals surface area contributed by atoms with Crippen molar-refractivity contribution in [1.82, 2.24) is 4.90 Å². The summed E-state index contributed by atoms with van der Waals surface area (Å²) < 4.78 is 6.03. The van der Waals surface area contributed by atoms with Crippen molar-refractivity contribution >= 4 is 11.7 Å². The molecule has 0 spiro atoms. The van der Waals surface area contributed by atoms with E-state index in [1.54, 1.807) is 0 Å². The molecule has 1 unspecified atom stereocenters. The molecule has 27 heavy (non-hydrogen) atoms. The van der Waals surface area contributed by atoms with Crippen LogP contribution in [-0.4, -0.2) is 36.6 Å². The summed E-state index contributed by atoms with van der Waals surface area (Å²) in [7, 11) is 0. The second kappa shape index (κ2) is 8.13. The molecule has 3 saturated heterocycles. The molecule has 3 aliphatic heterocycles. The highest BCUT2D eigenvalue weighted by Gasteiger charge is 2.37. The van der Waals surface area contributed by atoms with E-state index in [0.717, 1.165) is 50.1 Å². The van der Waals surface area contributed by atoms with Crippen molar-refractivity contribution in [3.05, 3.63) is 65.7 Å². The Hall–Kier alpha value is -2.33. The Kier molecular flexibility index (Phi) is 5.44. The summed E-state index contributed by atoms with van der Waals surface area (Å²) in [6.07, 6.45) is 3.27. The van der Waals surface area contributed by atoms with Crippen LogP contribution in [-0.2, 0) is 16.0 Å². The van der Waals surface area contributed by atoms with Crippen LogP contribution in [0.2, 0.25) is 0 Å². The second-order valence-electron chi connectivity index (χ2n) is 7.66. The fourth-order valence-corrected chi connectivity index (χ4v) is 4.23. The lowest BCUT2D eigenvalue weighted by Gasteiger charge is -2.44. The van der Waals surface area contributed by atoms with E-state index in [9.17, 15) is 4.79 Å². The van der Waals surface area contributed by atoms with Crippen LogP contribution in [0.15, 0.2) is 54.6 Å². The third-order valence-corrected chi connectivity index (χ3v) is 5.88. The minimum atomic E-state index is -0.492. The number of nitrogens with zero attached hydrogens (tertiary/aromatic N) is 1. The Morgan fingerprint density at radius 3 is 2.59 bits per heavy atom. The van der Waals surface area contributed by atoms with Gasteiger partial charge in [0.1, 0.15) is 6.10 Å². The number of hydrogen-bond acceptors (Lipinski definition) is 4. The van der Waals surface area contributed by atoms with Gasteiger partial charge in [-0.2, -0.15) is 0 Å². The second-order valence-corrected chi connectivity index (χ2v) is 7.66. The van der Waals surface area contributed by atoms with Crippen molar-refractivity contribution in [1.29, 1.82) is 0 Å². The van der Waals surface area contributed by atoms with E-state index >= 15 is 0 Å². The van der Waals surface area contributed by atoms with E-state index in [2.05, 4.69) is 29.3 Å². The number of hydrogen-bond donors (Lipinski definition) is 1. The molecule has 3 aliphatic rings. The van der Waals surface area contributed by atoms with Crippen LogP contribution in [0.1, 0.15) is 36.9 Å². The Balaban J connectivity index is 1.53. The van der Waals surface area contributed by atoms with Crippen molar-refractivity contribution in [2.75, 3.05) is 25.0 Å². The molecule has 2 bridgehead atoms. The molecule has 142 valence electrons. The number of benzene rings is 2. The number of carbonyl (C=O) groups excluding carboxylic acids is 1. The van der Waals surface area contributed by atoms with Crippen LogP contribution in [0, 0.1) is 5.92 Å². The zero-order valence-corrected chi connectivity index (χ0v) is 15.9. The van der Waals surface area contributed by atoms with Crippen molar-refractivity contribution in [3.63, 3.8) is 0 Å². The molecule has 4 heteroatoms. The standard InChI is InChI=1S/C23H28N2O2/c1-2-17-7-6-10-20(15-17)24-22(19-8-4-3-5-9-19)23(26)27-21-16-25-13-11-18(21)12-14-25/h3-10,15,18,21-22,24H,2,11-14,16H2,1H3/t21?,22-/m1/s1. The lowest BCUT2D eigenvalue weighted by Crippen LogP contribution is -2.52.